The lowest BCUT2D eigenvalue weighted by atomic mass is 9.71. The van der Waals surface area contributed by atoms with Crippen molar-refractivity contribution in [1.82, 2.24) is 5.32 Å². The Morgan fingerprint density at radius 2 is 2.11 bits per heavy atom. The van der Waals surface area contributed by atoms with Crippen molar-refractivity contribution >= 4 is 5.91 Å². The third-order valence-electron chi connectivity index (χ3n) is 3.92. The SMILES string of the molecule is COC(CN)CC(=O)NC1(c2ccccc2)CCC1. The maximum Gasteiger partial charge on any atom is 0.223 e. The van der Waals surface area contributed by atoms with Crippen molar-refractivity contribution < 1.29 is 9.53 Å². The molecule has 4 nitrogen and oxygen atoms in total. The summed E-state index contributed by atoms with van der Waals surface area (Å²) in [6, 6.07) is 10.2. The predicted octanol–water partition coefficient (Wildman–Crippen LogP) is 1.55. The molecule has 0 radical (unpaired) electrons. The summed E-state index contributed by atoms with van der Waals surface area (Å²) in [7, 11) is 1.58. The molecule has 1 fully saturated rings. The number of amides is 1. The molecule has 0 heterocycles. The second kappa shape index (κ2) is 6.17. The minimum Gasteiger partial charge on any atom is -0.380 e. The van der Waals surface area contributed by atoms with E-state index in [0.29, 0.717) is 13.0 Å². The van der Waals surface area contributed by atoms with Gasteiger partial charge in [-0.15, -0.1) is 0 Å². The molecule has 0 bridgehead atoms. The van der Waals surface area contributed by atoms with E-state index in [9.17, 15) is 4.79 Å². The van der Waals surface area contributed by atoms with Crippen LogP contribution in [-0.2, 0) is 15.1 Å². The summed E-state index contributed by atoms with van der Waals surface area (Å²) in [6.45, 7) is 0.363. The number of carbonyl (C=O) groups is 1. The lowest BCUT2D eigenvalue weighted by Gasteiger charge is -2.43. The largest absolute Gasteiger partial charge is 0.380 e. The molecule has 0 saturated heterocycles. The summed E-state index contributed by atoms with van der Waals surface area (Å²) in [4.78, 5) is 12.1. The second-order valence-corrected chi connectivity index (χ2v) is 5.15. The van der Waals surface area contributed by atoms with Crippen LogP contribution in [0.1, 0.15) is 31.2 Å². The first-order valence-electron chi connectivity index (χ1n) is 6.79. The standard InChI is InChI=1S/C15H22N2O2/c1-19-13(11-16)10-14(18)17-15(8-5-9-15)12-6-3-2-4-7-12/h2-4,6-7,13H,5,8-11,16H2,1H3,(H,17,18). The van der Waals surface area contributed by atoms with E-state index in [1.54, 1.807) is 7.11 Å². The fraction of sp³-hybridized carbons (Fsp3) is 0.533. The third kappa shape index (κ3) is 3.14. The fourth-order valence-electron chi connectivity index (χ4n) is 2.56. The van der Waals surface area contributed by atoms with Crippen LogP contribution in [0.2, 0.25) is 0 Å². The number of rotatable bonds is 6. The van der Waals surface area contributed by atoms with Gasteiger partial charge in [-0.3, -0.25) is 4.79 Å². The molecule has 19 heavy (non-hydrogen) atoms. The van der Waals surface area contributed by atoms with Crippen LogP contribution in [0.4, 0.5) is 0 Å². The predicted molar refractivity (Wildman–Crippen MR) is 74.6 cm³/mol. The molecule has 1 saturated carbocycles. The number of carbonyl (C=O) groups excluding carboxylic acids is 1. The van der Waals surface area contributed by atoms with Crippen molar-refractivity contribution in [3.05, 3.63) is 35.9 Å². The van der Waals surface area contributed by atoms with Crippen molar-refractivity contribution in [3.8, 4) is 0 Å². The van der Waals surface area contributed by atoms with E-state index in [2.05, 4.69) is 17.4 Å². The van der Waals surface area contributed by atoms with E-state index in [0.717, 1.165) is 19.3 Å². The van der Waals surface area contributed by atoms with E-state index in [1.165, 1.54) is 5.56 Å². The Hall–Kier alpha value is -1.39. The Bertz CT molecular complexity index is 411. The van der Waals surface area contributed by atoms with Gasteiger partial charge in [0.1, 0.15) is 0 Å². The van der Waals surface area contributed by atoms with Crippen LogP contribution < -0.4 is 11.1 Å². The minimum absolute atomic E-state index is 0.0147. The first-order valence-corrected chi connectivity index (χ1v) is 6.79. The summed E-state index contributed by atoms with van der Waals surface area (Å²) in [5, 5.41) is 3.17. The first-order chi connectivity index (χ1) is 9.20. The molecule has 1 amide bonds. The Kier molecular flexibility index (Phi) is 4.56. The van der Waals surface area contributed by atoms with Gasteiger partial charge in [-0.1, -0.05) is 30.3 Å². The molecule has 104 valence electrons. The highest BCUT2D eigenvalue weighted by molar-refractivity contribution is 5.77. The van der Waals surface area contributed by atoms with Crippen LogP contribution in [-0.4, -0.2) is 25.7 Å². The van der Waals surface area contributed by atoms with E-state index in [4.69, 9.17) is 10.5 Å². The average Bonchev–Trinajstić information content (AvgIpc) is 2.41. The van der Waals surface area contributed by atoms with Crippen LogP contribution >= 0.6 is 0 Å². The third-order valence-corrected chi connectivity index (χ3v) is 3.92. The van der Waals surface area contributed by atoms with Gasteiger partial charge in [-0.2, -0.15) is 0 Å². The summed E-state index contributed by atoms with van der Waals surface area (Å²) in [6.07, 6.45) is 3.28. The monoisotopic (exact) mass is 262 g/mol. The van der Waals surface area contributed by atoms with Gasteiger partial charge < -0.3 is 15.8 Å². The molecule has 0 aliphatic heterocycles. The van der Waals surface area contributed by atoms with Crippen LogP contribution in [0.5, 0.6) is 0 Å². The van der Waals surface area contributed by atoms with Crippen molar-refractivity contribution in [1.29, 1.82) is 0 Å². The minimum atomic E-state index is -0.201. The molecular formula is C15H22N2O2. The lowest BCUT2D eigenvalue weighted by molar-refractivity contribution is -0.126. The van der Waals surface area contributed by atoms with Crippen molar-refractivity contribution in [2.45, 2.75) is 37.3 Å². The van der Waals surface area contributed by atoms with Crippen LogP contribution in [0.3, 0.4) is 0 Å². The molecule has 0 spiro atoms. The Morgan fingerprint density at radius 3 is 2.58 bits per heavy atom. The number of hydrogen-bond acceptors (Lipinski definition) is 3. The Labute approximate surface area is 114 Å². The summed E-state index contributed by atoms with van der Waals surface area (Å²) in [5.74, 6) is 0.0147. The van der Waals surface area contributed by atoms with Crippen molar-refractivity contribution in [2.24, 2.45) is 5.73 Å². The Morgan fingerprint density at radius 1 is 1.42 bits per heavy atom. The molecule has 1 aliphatic rings. The van der Waals surface area contributed by atoms with Gasteiger partial charge in [0, 0.05) is 13.7 Å². The van der Waals surface area contributed by atoms with Gasteiger partial charge in [-0.05, 0) is 24.8 Å². The van der Waals surface area contributed by atoms with E-state index in [-0.39, 0.29) is 17.6 Å². The van der Waals surface area contributed by atoms with Gasteiger partial charge in [-0.25, -0.2) is 0 Å². The molecule has 1 unspecified atom stereocenters. The van der Waals surface area contributed by atoms with Crippen molar-refractivity contribution in [3.63, 3.8) is 0 Å². The topological polar surface area (TPSA) is 64.3 Å². The van der Waals surface area contributed by atoms with Crippen LogP contribution in [0.25, 0.3) is 0 Å². The highest BCUT2D eigenvalue weighted by Crippen LogP contribution is 2.41. The lowest BCUT2D eigenvalue weighted by Crippen LogP contribution is -2.51. The fourth-order valence-corrected chi connectivity index (χ4v) is 2.56. The van der Waals surface area contributed by atoms with E-state index < -0.39 is 0 Å². The summed E-state index contributed by atoms with van der Waals surface area (Å²) >= 11 is 0. The zero-order valence-electron chi connectivity index (χ0n) is 11.4. The molecular weight excluding hydrogens is 240 g/mol. The van der Waals surface area contributed by atoms with E-state index >= 15 is 0 Å². The molecule has 1 aliphatic carbocycles. The van der Waals surface area contributed by atoms with Gasteiger partial charge in [0.25, 0.3) is 0 Å². The number of nitrogens with one attached hydrogen (secondary N) is 1. The van der Waals surface area contributed by atoms with Gasteiger partial charge in [0.2, 0.25) is 5.91 Å². The van der Waals surface area contributed by atoms with Gasteiger partial charge in [0.15, 0.2) is 0 Å². The normalized spacial score (nSPS) is 18.4. The maximum atomic E-state index is 12.1. The molecule has 0 aromatic heterocycles. The highest BCUT2D eigenvalue weighted by Gasteiger charge is 2.39. The van der Waals surface area contributed by atoms with Crippen molar-refractivity contribution in [2.75, 3.05) is 13.7 Å². The molecule has 2 rings (SSSR count). The van der Waals surface area contributed by atoms with Crippen LogP contribution in [0, 0.1) is 0 Å². The van der Waals surface area contributed by atoms with Gasteiger partial charge in [0.05, 0.1) is 18.1 Å². The number of methoxy groups -OCH3 is 1. The number of benzene rings is 1. The molecule has 1 aromatic rings. The quantitative estimate of drug-likeness (QED) is 0.817. The first kappa shape index (κ1) is 14.0. The number of nitrogens with two attached hydrogens (primary N) is 1. The molecule has 1 aromatic carbocycles. The average molecular weight is 262 g/mol. The zero-order chi connectivity index (χ0) is 13.7. The summed E-state index contributed by atoms with van der Waals surface area (Å²) < 4.78 is 5.16. The molecule has 1 atom stereocenters. The highest BCUT2D eigenvalue weighted by atomic mass is 16.5. The zero-order valence-corrected chi connectivity index (χ0v) is 11.4. The van der Waals surface area contributed by atoms with Crippen LogP contribution in [0.15, 0.2) is 30.3 Å². The number of hydrogen-bond donors (Lipinski definition) is 2. The summed E-state index contributed by atoms with van der Waals surface area (Å²) in [5.41, 5.74) is 6.56. The Balaban J connectivity index is 2.01. The van der Waals surface area contributed by atoms with Gasteiger partial charge >= 0.3 is 0 Å². The smallest absolute Gasteiger partial charge is 0.223 e. The molecule has 3 N–H and O–H groups in total. The maximum absolute atomic E-state index is 12.1. The van der Waals surface area contributed by atoms with E-state index in [1.807, 2.05) is 18.2 Å². The molecule has 4 heteroatoms. The second-order valence-electron chi connectivity index (χ2n) is 5.15. The number of ether oxygens (including phenoxy) is 1.